The number of aliphatic hydroxyl groups is 1. The number of halogens is 1. The minimum atomic E-state index is -0.718. The van der Waals surface area contributed by atoms with Gasteiger partial charge < -0.3 is 20.4 Å². The van der Waals surface area contributed by atoms with E-state index in [1.165, 1.54) is 17.0 Å². The standard InChI is InChI=1S/C12H17FN2O3/c1-2-15(5-6-16)12(18)14-8-9-3-4-11(17)10(13)7-9/h3-4,7,16-17H,2,5-6,8H2,1H3,(H,14,18). The maximum atomic E-state index is 13.0. The number of nitrogens with zero attached hydrogens (tertiary/aromatic N) is 1. The van der Waals surface area contributed by atoms with E-state index in [4.69, 9.17) is 10.2 Å². The lowest BCUT2D eigenvalue weighted by Crippen LogP contribution is -2.41. The first kappa shape index (κ1) is 14.2. The van der Waals surface area contributed by atoms with Crippen molar-refractivity contribution in [2.75, 3.05) is 19.7 Å². The van der Waals surface area contributed by atoms with Crippen LogP contribution in [0.5, 0.6) is 5.75 Å². The number of amides is 2. The topological polar surface area (TPSA) is 72.8 Å². The number of benzene rings is 1. The third kappa shape index (κ3) is 3.89. The summed E-state index contributed by atoms with van der Waals surface area (Å²) in [5.41, 5.74) is 0.554. The average Bonchev–Trinajstić information content (AvgIpc) is 2.37. The second-order valence-electron chi connectivity index (χ2n) is 3.75. The van der Waals surface area contributed by atoms with Crippen LogP contribution in [0.3, 0.4) is 0 Å². The van der Waals surface area contributed by atoms with Gasteiger partial charge in [0, 0.05) is 19.6 Å². The number of urea groups is 1. The van der Waals surface area contributed by atoms with Gasteiger partial charge in [-0.3, -0.25) is 0 Å². The second kappa shape index (κ2) is 6.80. The van der Waals surface area contributed by atoms with Crippen molar-refractivity contribution in [1.82, 2.24) is 10.2 Å². The SMILES string of the molecule is CCN(CCO)C(=O)NCc1ccc(O)c(F)c1. The molecule has 0 saturated heterocycles. The summed E-state index contributed by atoms with van der Waals surface area (Å²) in [6, 6.07) is 3.61. The van der Waals surface area contributed by atoms with Gasteiger partial charge in [-0.1, -0.05) is 6.07 Å². The van der Waals surface area contributed by atoms with Gasteiger partial charge in [0.2, 0.25) is 0 Å². The summed E-state index contributed by atoms with van der Waals surface area (Å²) in [5.74, 6) is -1.13. The molecule has 0 radical (unpaired) electrons. The Labute approximate surface area is 105 Å². The van der Waals surface area contributed by atoms with Gasteiger partial charge in [0.05, 0.1) is 6.61 Å². The van der Waals surface area contributed by atoms with E-state index < -0.39 is 11.6 Å². The fraction of sp³-hybridized carbons (Fsp3) is 0.417. The molecule has 2 amide bonds. The molecule has 18 heavy (non-hydrogen) atoms. The number of aliphatic hydroxyl groups excluding tert-OH is 1. The van der Waals surface area contributed by atoms with Crippen molar-refractivity contribution in [1.29, 1.82) is 0 Å². The Bertz CT molecular complexity index is 412. The molecule has 0 spiro atoms. The van der Waals surface area contributed by atoms with E-state index in [0.29, 0.717) is 12.1 Å². The van der Waals surface area contributed by atoms with Crippen molar-refractivity contribution < 1.29 is 19.4 Å². The Kier molecular flexibility index (Phi) is 5.38. The molecule has 0 atom stereocenters. The Morgan fingerprint density at radius 3 is 2.78 bits per heavy atom. The molecule has 1 aromatic rings. The Morgan fingerprint density at radius 2 is 2.22 bits per heavy atom. The van der Waals surface area contributed by atoms with Gasteiger partial charge in [0.1, 0.15) is 0 Å². The molecule has 0 fully saturated rings. The zero-order valence-electron chi connectivity index (χ0n) is 10.2. The predicted molar refractivity (Wildman–Crippen MR) is 64.6 cm³/mol. The van der Waals surface area contributed by atoms with E-state index in [1.54, 1.807) is 6.92 Å². The van der Waals surface area contributed by atoms with Crippen molar-refractivity contribution >= 4 is 6.03 Å². The van der Waals surface area contributed by atoms with E-state index >= 15 is 0 Å². The van der Waals surface area contributed by atoms with Gasteiger partial charge in [-0.2, -0.15) is 0 Å². The summed E-state index contributed by atoms with van der Waals surface area (Å²) in [4.78, 5) is 13.1. The molecule has 0 aromatic heterocycles. The normalized spacial score (nSPS) is 10.2. The van der Waals surface area contributed by atoms with Crippen molar-refractivity contribution in [2.24, 2.45) is 0 Å². The molecule has 6 heteroatoms. The number of likely N-dealkylation sites (N-methyl/N-ethyl adjacent to an activating group) is 1. The third-order valence-electron chi connectivity index (χ3n) is 2.49. The highest BCUT2D eigenvalue weighted by Gasteiger charge is 2.10. The summed E-state index contributed by atoms with van der Waals surface area (Å²) in [5, 5.41) is 20.4. The van der Waals surface area contributed by atoms with Crippen LogP contribution in [0.15, 0.2) is 18.2 Å². The van der Waals surface area contributed by atoms with Crippen molar-refractivity contribution in [2.45, 2.75) is 13.5 Å². The van der Waals surface area contributed by atoms with Crippen LogP contribution in [0, 0.1) is 5.82 Å². The summed E-state index contributed by atoms with van der Waals surface area (Å²) < 4.78 is 13.0. The number of hydrogen-bond donors (Lipinski definition) is 3. The zero-order chi connectivity index (χ0) is 13.5. The van der Waals surface area contributed by atoms with Gasteiger partial charge in [-0.25, -0.2) is 9.18 Å². The smallest absolute Gasteiger partial charge is 0.317 e. The van der Waals surface area contributed by atoms with Gasteiger partial charge in [0.25, 0.3) is 0 Å². The monoisotopic (exact) mass is 256 g/mol. The fourth-order valence-corrected chi connectivity index (χ4v) is 1.47. The molecule has 3 N–H and O–H groups in total. The second-order valence-corrected chi connectivity index (χ2v) is 3.75. The highest BCUT2D eigenvalue weighted by Crippen LogP contribution is 2.15. The lowest BCUT2D eigenvalue weighted by Gasteiger charge is -2.20. The van der Waals surface area contributed by atoms with Crippen LogP contribution in [-0.4, -0.2) is 40.8 Å². The zero-order valence-corrected chi connectivity index (χ0v) is 10.2. The van der Waals surface area contributed by atoms with E-state index in [-0.39, 0.29) is 25.7 Å². The number of carbonyl (C=O) groups is 1. The molecule has 1 aromatic carbocycles. The molecule has 5 nitrogen and oxygen atoms in total. The van der Waals surface area contributed by atoms with E-state index in [9.17, 15) is 9.18 Å². The summed E-state index contributed by atoms with van der Waals surface area (Å²) >= 11 is 0. The van der Waals surface area contributed by atoms with E-state index in [0.717, 1.165) is 6.07 Å². The van der Waals surface area contributed by atoms with Gasteiger partial charge in [-0.05, 0) is 24.6 Å². The average molecular weight is 256 g/mol. The van der Waals surface area contributed by atoms with Crippen LogP contribution in [0.4, 0.5) is 9.18 Å². The third-order valence-corrected chi connectivity index (χ3v) is 2.49. The number of phenolic OH excluding ortho intramolecular Hbond substituents is 1. The highest BCUT2D eigenvalue weighted by molar-refractivity contribution is 5.74. The first-order valence-corrected chi connectivity index (χ1v) is 5.69. The quantitative estimate of drug-likeness (QED) is 0.737. The largest absolute Gasteiger partial charge is 0.505 e. The maximum Gasteiger partial charge on any atom is 0.317 e. The van der Waals surface area contributed by atoms with Gasteiger partial charge in [0.15, 0.2) is 11.6 Å². The molecule has 1 rings (SSSR count). The summed E-state index contributed by atoms with van der Waals surface area (Å²) in [6.45, 7) is 2.60. The molecule has 0 aliphatic heterocycles. The lowest BCUT2D eigenvalue weighted by atomic mass is 10.2. The number of nitrogens with one attached hydrogen (secondary N) is 1. The van der Waals surface area contributed by atoms with Crippen LogP contribution in [0.25, 0.3) is 0 Å². The lowest BCUT2D eigenvalue weighted by molar-refractivity contribution is 0.180. The van der Waals surface area contributed by atoms with Crippen LogP contribution in [-0.2, 0) is 6.54 Å². The Morgan fingerprint density at radius 1 is 1.50 bits per heavy atom. The molecular weight excluding hydrogens is 239 g/mol. The number of rotatable bonds is 5. The van der Waals surface area contributed by atoms with E-state index in [2.05, 4.69) is 5.32 Å². The Balaban J connectivity index is 2.53. The number of phenols is 1. The first-order valence-electron chi connectivity index (χ1n) is 5.69. The van der Waals surface area contributed by atoms with Crippen molar-refractivity contribution in [3.8, 4) is 5.75 Å². The van der Waals surface area contributed by atoms with E-state index in [1.807, 2.05) is 0 Å². The van der Waals surface area contributed by atoms with Crippen molar-refractivity contribution in [3.05, 3.63) is 29.6 Å². The molecule has 0 bridgehead atoms. The van der Waals surface area contributed by atoms with Crippen LogP contribution in [0.2, 0.25) is 0 Å². The fourth-order valence-electron chi connectivity index (χ4n) is 1.47. The summed E-state index contributed by atoms with van der Waals surface area (Å²) in [6.07, 6.45) is 0. The predicted octanol–water partition coefficient (Wildman–Crippen LogP) is 1.06. The number of carbonyl (C=O) groups excluding carboxylic acids is 1. The number of aromatic hydroxyl groups is 1. The molecule has 0 saturated carbocycles. The van der Waals surface area contributed by atoms with Crippen LogP contribution < -0.4 is 5.32 Å². The first-order chi connectivity index (χ1) is 8.58. The molecular formula is C12H17FN2O3. The molecule has 0 aliphatic carbocycles. The summed E-state index contributed by atoms with van der Waals surface area (Å²) in [7, 11) is 0. The highest BCUT2D eigenvalue weighted by atomic mass is 19.1. The Hall–Kier alpha value is -1.82. The molecule has 0 unspecified atom stereocenters. The minimum absolute atomic E-state index is 0.102. The molecule has 0 heterocycles. The van der Waals surface area contributed by atoms with Crippen LogP contribution >= 0.6 is 0 Å². The molecule has 100 valence electrons. The molecule has 0 aliphatic rings. The number of hydrogen-bond acceptors (Lipinski definition) is 3. The van der Waals surface area contributed by atoms with Gasteiger partial charge in [-0.15, -0.1) is 0 Å². The van der Waals surface area contributed by atoms with Crippen LogP contribution in [0.1, 0.15) is 12.5 Å². The van der Waals surface area contributed by atoms with Crippen molar-refractivity contribution in [3.63, 3.8) is 0 Å². The van der Waals surface area contributed by atoms with Gasteiger partial charge >= 0.3 is 6.03 Å². The minimum Gasteiger partial charge on any atom is -0.505 e. The maximum absolute atomic E-state index is 13.0.